The third kappa shape index (κ3) is 2.60. The fourth-order valence-corrected chi connectivity index (χ4v) is 2.88. The molecule has 0 aromatic rings. The Morgan fingerprint density at radius 2 is 1.78 bits per heavy atom. The van der Waals surface area contributed by atoms with Crippen LogP contribution in [0.3, 0.4) is 0 Å². The summed E-state index contributed by atoms with van der Waals surface area (Å²) in [5.74, 6) is 0.378. The van der Waals surface area contributed by atoms with Gasteiger partial charge in [0.2, 0.25) is 5.91 Å². The Bertz CT molecular complexity index is 329. The van der Waals surface area contributed by atoms with Gasteiger partial charge in [-0.3, -0.25) is 4.79 Å². The van der Waals surface area contributed by atoms with Gasteiger partial charge in [0.1, 0.15) is 5.54 Å². The van der Waals surface area contributed by atoms with Crippen LogP contribution in [0.2, 0.25) is 0 Å². The molecule has 2 saturated carbocycles. The van der Waals surface area contributed by atoms with E-state index in [0.29, 0.717) is 0 Å². The summed E-state index contributed by atoms with van der Waals surface area (Å²) in [6.07, 6.45) is 8.97. The van der Waals surface area contributed by atoms with Crippen molar-refractivity contribution in [2.45, 2.75) is 63.3 Å². The summed E-state index contributed by atoms with van der Waals surface area (Å²) in [5, 5.41) is 15.2. The standard InChI is InChI=1S/C13H23N3O2/c14-12(16-18)13(8-3-1-2-4-9-13)15-11(17)10-6-5-7-10/h10,18H,1-9H2,(H2,14,16)(H,15,17). The molecule has 0 atom stereocenters. The normalized spacial score (nSPS) is 25.0. The summed E-state index contributed by atoms with van der Waals surface area (Å²) < 4.78 is 0. The molecular weight excluding hydrogens is 230 g/mol. The van der Waals surface area contributed by atoms with Crippen molar-refractivity contribution in [2.24, 2.45) is 16.8 Å². The summed E-state index contributed by atoms with van der Waals surface area (Å²) in [7, 11) is 0. The Morgan fingerprint density at radius 3 is 2.22 bits per heavy atom. The molecule has 0 radical (unpaired) electrons. The Morgan fingerprint density at radius 1 is 1.17 bits per heavy atom. The van der Waals surface area contributed by atoms with E-state index < -0.39 is 5.54 Å². The number of hydrogen-bond donors (Lipinski definition) is 3. The van der Waals surface area contributed by atoms with Gasteiger partial charge in [0.25, 0.3) is 0 Å². The molecule has 2 fully saturated rings. The van der Waals surface area contributed by atoms with Crippen molar-refractivity contribution in [3.8, 4) is 0 Å². The maximum atomic E-state index is 12.1. The molecule has 18 heavy (non-hydrogen) atoms. The van der Waals surface area contributed by atoms with Crippen molar-refractivity contribution in [1.82, 2.24) is 5.32 Å². The molecule has 0 aromatic carbocycles. The van der Waals surface area contributed by atoms with Gasteiger partial charge in [-0.2, -0.15) is 0 Å². The van der Waals surface area contributed by atoms with E-state index in [2.05, 4.69) is 10.5 Å². The highest BCUT2D eigenvalue weighted by atomic mass is 16.4. The topological polar surface area (TPSA) is 87.7 Å². The minimum atomic E-state index is -0.613. The van der Waals surface area contributed by atoms with E-state index in [1.165, 1.54) is 0 Å². The second-order valence-electron chi connectivity index (χ2n) is 5.60. The molecule has 102 valence electrons. The average Bonchev–Trinajstić information content (AvgIpc) is 2.52. The molecule has 0 aliphatic heterocycles. The quantitative estimate of drug-likeness (QED) is 0.235. The van der Waals surface area contributed by atoms with Gasteiger partial charge in [0.05, 0.1) is 0 Å². The van der Waals surface area contributed by atoms with Crippen molar-refractivity contribution in [2.75, 3.05) is 0 Å². The first-order valence-corrected chi connectivity index (χ1v) is 6.98. The van der Waals surface area contributed by atoms with Crippen molar-refractivity contribution < 1.29 is 10.0 Å². The summed E-state index contributed by atoms with van der Waals surface area (Å²) in [6, 6.07) is 0. The van der Waals surface area contributed by atoms with Gasteiger partial charge in [-0.05, 0) is 25.7 Å². The molecule has 2 aliphatic rings. The van der Waals surface area contributed by atoms with Crippen LogP contribution >= 0.6 is 0 Å². The minimum absolute atomic E-state index is 0.0785. The summed E-state index contributed by atoms with van der Waals surface area (Å²) in [6.45, 7) is 0. The van der Waals surface area contributed by atoms with E-state index in [-0.39, 0.29) is 17.7 Å². The van der Waals surface area contributed by atoms with Crippen LogP contribution < -0.4 is 11.1 Å². The monoisotopic (exact) mass is 253 g/mol. The molecule has 0 unspecified atom stereocenters. The van der Waals surface area contributed by atoms with Crippen LogP contribution in [0.15, 0.2) is 5.16 Å². The van der Waals surface area contributed by atoms with Gasteiger partial charge < -0.3 is 16.3 Å². The largest absolute Gasteiger partial charge is 0.409 e. The molecule has 0 bridgehead atoms. The SMILES string of the molecule is N/C(=N/O)C1(NC(=O)C2CCC2)CCCCCC1. The van der Waals surface area contributed by atoms with Gasteiger partial charge in [-0.25, -0.2) is 0 Å². The van der Waals surface area contributed by atoms with E-state index in [4.69, 9.17) is 10.9 Å². The zero-order chi connectivity index (χ0) is 13.0. The lowest BCUT2D eigenvalue weighted by atomic mass is 9.82. The Kier molecular flexibility index (Phi) is 4.09. The Labute approximate surface area is 108 Å². The van der Waals surface area contributed by atoms with Gasteiger partial charge in [0, 0.05) is 5.92 Å². The first kappa shape index (κ1) is 13.2. The predicted octanol–water partition coefficient (Wildman–Crippen LogP) is 1.74. The van der Waals surface area contributed by atoms with E-state index >= 15 is 0 Å². The third-order valence-corrected chi connectivity index (χ3v) is 4.39. The summed E-state index contributed by atoms with van der Waals surface area (Å²) in [5.41, 5.74) is 5.23. The number of nitrogens with zero attached hydrogens (tertiary/aromatic N) is 1. The van der Waals surface area contributed by atoms with E-state index in [1.807, 2.05) is 0 Å². The maximum Gasteiger partial charge on any atom is 0.223 e. The highest BCUT2D eigenvalue weighted by molar-refractivity contribution is 5.94. The number of oxime groups is 1. The molecule has 0 heterocycles. The highest BCUT2D eigenvalue weighted by Crippen LogP contribution is 2.31. The molecule has 2 aliphatic carbocycles. The van der Waals surface area contributed by atoms with Crippen LogP contribution in [0.4, 0.5) is 0 Å². The van der Waals surface area contributed by atoms with Crippen LogP contribution in [0.5, 0.6) is 0 Å². The summed E-state index contributed by atoms with van der Waals surface area (Å²) in [4.78, 5) is 12.1. The number of nitrogens with two attached hydrogens (primary N) is 1. The van der Waals surface area contributed by atoms with Crippen LogP contribution in [-0.2, 0) is 4.79 Å². The van der Waals surface area contributed by atoms with Crippen molar-refractivity contribution >= 4 is 11.7 Å². The second kappa shape index (κ2) is 5.59. The molecule has 1 amide bonds. The van der Waals surface area contributed by atoms with Crippen LogP contribution in [0.1, 0.15) is 57.8 Å². The van der Waals surface area contributed by atoms with E-state index in [0.717, 1.165) is 57.8 Å². The lowest BCUT2D eigenvalue weighted by Gasteiger charge is -2.35. The smallest absolute Gasteiger partial charge is 0.223 e. The first-order chi connectivity index (χ1) is 8.68. The van der Waals surface area contributed by atoms with Gasteiger partial charge in [-0.1, -0.05) is 37.3 Å². The fourth-order valence-electron chi connectivity index (χ4n) is 2.88. The minimum Gasteiger partial charge on any atom is -0.409 e. The van der Waals surface area contributed by atoms with Gasteiger partial charge in [0.15, 0.2) is 5.84 Å². The van der Waals surface area contributed by atoms with Gasteiger partial charge >= 0.3 is 0 Å². The maximum absolute atomic E-state index is 12.1. The van der Waals surface area contributed by atoms with E-state index in [9.17, 15) is 4.79 Å². The summed E-state index contributed by atoms with van der Waals surface area (Å²) >= 11 is 0. The average molecular weight is 253 g/mol. The number of amides is 1. The Balaban J connectivity index is 2.10. The van der Waals surface area contributed by atoms with Crippen molar-refractivity contribution in [1.29, 1.82) is 0 Å². The third-order valence-electron chi connectivity index (χ3n) is 4.39. The van der Waals surface area contributed by atoms with E-state index in [1.54, 1.807) is 0 Å². The lowest BCUT2D eigenvalue weighted by Crippen LogP contribution is -2.59. The number of rotatable bonds is 3. The zero-order valence-corrected chi connectivity index (χ0v) is 10.8. The molecule has 5 nitrogen and oxygen atoms in total. The second-order valence-corrected chi connectivity index (χ2v) is 5.60. The van der Waals surface area contributed by atoms with Crippen LogP contribution in [0.25, 0.3) is 0 Å². The first-order valence-electron chi connectivity index (χ1n) is 6.98. The Hall–Kier alpha value is -1.26. The number of nitrogens with one attached hydrogen (secondary N) is 1. The van der Waals surface area contributed by atoms with Crippen LogP contribution in [0, 0.1) is 5.92 Å². The fraction of sp³-hybridized carbons (Fsp3) is 0.846. The predicted molar refractivity (Wildman–Crippen MR) is 69.3 cm³/mol. The molecule has 2 rings (SSSR count). The molecular formula is C13H23N3O2. The molecule has 5 heteroatoms. The molecule has 0 aromatic heterocycles. The van der Waals surface area contributed by atoms with Crippen LogP contribution in [-0.4, -0.2) is 22.5 Å². The number of carbonyl (C=O) groups excluding carboxylic acids is 1. The molecule has 4 N–H and O–H groups in total. The highest BCUT2D eigenvalue weighted by Gasteiger charge is 2.39. The molecule has 0 saturated heterocycles. The van der Waals surface area contributed by atoms with Gasteiger partial charge in [-0.15, -0.1) is 0 Å². The number of carbonyl (C=O) groups is 1. The molecule has 0 spiro atoms. The lowest BCUT2D eigenvalue weighted by molar-refractivity contribution is -0.128. The van der Waals surface area contributed by atoms with Crippen molar-refractivity contribution in [3.05, 3.63) is 0 Å². The number of amidine groups is 1. The zero-order valence-electron chi connectivity index (χ0n) is 10.8. The number of hydrogen-bond acceptors (Lipinski definition) is 3. The van der Waals surface area contributed by atoms with Crippen molar-refractivity contribution in [3.63, 3.8) is 0 Å².